The van der Waals surface area contributed by atoms with Crippen molar-refractivity contribution in [3.63, 3.8) is 0 Å². The van der Waals surface area contributed by atoms with Gasteiger partial charge in [-0.1, -0.05) is 182 Å². The smallest absolute Gasteiger partial charge is 0.0543 e. The summed E-state index contributed by atoms with van der Waals surface area (Å²) in [5.41, 5.74) is 19.5. The molecule has 4 fully saturated rings. The first-order valence-electron chi connectivity index (χ1n) is 23.2. The Morgan fingerprint density at radius 2 is 0.857 bits per heavy atom. The van der Waals surface area contributed by atoms with E-state index in [0.29, 0.717) is 11.8 Å². The predicted molar refractivity (Wildman–Crippen MR) is 264 cm³/mol. The quantitative estimate of drug-likeness (QED) is 0.155. The Labute approximate surface area is 371 Å². The van der Waals surface area contributed by atoms with Crippen molar-refractivity contribution in [3.8, 4) is 55.6 Å². The Morgan fingerprint density at radius 1 is 0.333 bits per heavy atom. The summed E-state index contributed by atoms with van der Waals surface area (Å²) in [6.07, 6.45) is 6.92. The highest BCUT2D eigenvalue weighted by Gasteiger charge is 2.61. The van der Waals surface area contributed by atoms with Crippen LogP contribution < -0.4 is 4.90 Å². The summed E-state index contributed by atoms with van der Waals surface area (Å²) in [6.45, 7) is 0. The lowest BCUT2D eigenvalue weighted by molar-refractivity contribution is -0.0399. The highest BCUT2D eigenvalue weighted by atomic mass is 15.1. The van der Waals surface area contributed by atoms with E-state index in [2.05, 4.69) is 217 Å². The second kappa shape index (κ2) is 14.6. The number of rotatable bonds is 7. The van der Waals surface area contributed by atoms with Crippen molar-refractivity contribution < 1.29 is 0 Å². The number of hydrogen-bond donors (Lipinski definition) is 0. The molecule has 9 aromatic rings. The lowest BCUT2D eigenvalue weighted by atomic mass is 9.43. The van der Waals surface area contributed by atoms with E-state index in [9.17, 15) is 0 Å². The first-order chi connectivity index (χ1) is 31.2. The number of para-hydroxylation sites is 1. The number of anilines is 3. The van der Waals surface area contributed by atoms with Gasteiger partial charge < -0.3 is 4.90 Å². The molecule has 0 radical (unpaired) electrons. The van der Waals surface area contributed by atoms with Crippen molar-refractivity contribution >= 4 is 27.8 Å². The van der Waals surface area contributed by atoms with E-state index in [1.54, 1.807) is 11.1 Å². The molecule has 0 amide bonds. The van der Waals surface area contributed by atoms with Gasteiger partial charge in [-0.25, -0.2) is 0 Å². The monoisotopic (exact) mass is 807 g/mol. The van der Waals surface area contributed by atoms with E-state index in [-0.39, 0.29) is 5.41 Å². The van der Waals surface area contributed by atoms with Gasteiger partial charge in [0.25, 0.3) is 0 Å². The molecular weight excluding hydrogens is 759 g/mol. The van der Waals surface area contributed by atoms with Gasteiger partial charge in [-0.2, -0.15) is 0 Å². The summed E-state index contributed by atoms with van der Waals surface area (Å²) in [4.78, 5) is 2.62. The van der Waals surface area contributed by atoms with E-state index < -0.39 is 0 Å². The molecular formula is C62H49N. The molecule has 63 heavy (non-hydrogen) atoms. The van der Waals surface area contributed by atoms with E-state index >= 15 is 0 Å². The SMILES string of the molecule is c1ccc(-c2ccccc2-c2ccccc2-c2ccccc2N(c2cccc(-c3ccc4ccccc4c3)c2)c2cccc3c2-c2ccccc2C32C3CC4CC(C3)CC2C4)cc1. The van der Waals surface area contributed by atoms with Crippen molar-refractivity contribution in [2.45, 2.75) is 37.5 Å². The zero-order valence-corrected chi connectivity index (χ0v) is 35.5. The van der Waals surface area contributed by atoms with Crippen LogP contribution in [0.1, 0.15) is 43.2 Å². The minimum Gasteiger partial charge on any atom is -0.309 e. The average molecular weight is 808 g/mol. The van der Waals surface area contributed by atoms with Gasteiger partial charge in [0.2, 0.25) is 0 Å². The molecule has 0 aromatic heterocycles. The highest BCUT2D eigenvalue weighted by molar-refractivity contribution is 6.01. The fourth-order valence-corrected chi connectivity index (χ4v) is 13.4. The number of fused-ring (bicyclic) bond motifs is 4. The van der Waals surface area contributed by atoms with Gasteiger partial charge in [0.05, 0.1) is 11.4 Å². The summed E-state index contributed by atoms with van der Waals surface area (Å²) in [5.74, 6) is 3.18. The van der Waals surface area contributed by atoms with Crippen molar-refractivity contribution in [2.75, 3.05) is 4.90 Å². The third kappa shape index (κ3) is 5.68. The van der Waals surface area contributed by atoms with Crippen LogP contribution in [-0.4, -0.2) is 0 Å². The lowest BCUT2D eigenvalue weighted by Gasteiger charge is -2.61. The third-order valence-corrected chi connectivity index (χ3v) is 15.6. The van der Waals surface area contributed by atoms with Crippen molar-refractivity contribution in [3.05, 3.63) is 223 Å². The molecule has 0 saturated heterocycles. The normalized spacial score (nSPS) is 21.4. The summed E-state index contributed by atoms with van der Waals surface area (Å²) in [6, 6.07) is 79.7. The highest BCUT2D eigenvalue weighted by Crippen LogP contribution is 2.70. The molecule has 1 spiro atoms. The largest absolute Gasteiger partial charge is 0.309 e. The van der Waals surface area contributed by atoms with Gasteiger partial charge >= 0.3 is 0 Å². The molecule has 0 N–H and O–H groups in total. The van der Waals surface area contributed by atoms with Gasteiger partial charge in [-0.15, -0.1) is 0 Å². The molecule has 9 aromatic carbocycles. The zero-order valence-electron chi connectivity index (χ0n) is 35.5. The average Bonchev–Trinajstić information content (AvgIpc) is 3.65. The van der Waals surface area contributed by atoms with Gasteiger partial charge in [-0.3, -0.25) is 0 Å². The molecule has 1 nitrogen and oxygen atoms in total. The predicted octanol–water partition coefficient (Wildman–Crippen LogP) is 16.7. The van der Waals surface area contributed by atoms with Crippen LogP contribution in [0.15, 0.2) is 212 Å². The molecule has 0 atom stereocenters. The fourth-order valence-electron chi connectivity index (χ4n) is 13.4. The number of hydrogen-bond acceptors (Lipinski definition) is 1. The molecule has 5 aliphatic carbocycles. The van der Waals surface area contributed by atoms with Gasteiger partial charge in [0, 0.05) is 22.2 Å². The molecule has 0 aliphatic heterocycles. The summed E-state index contributed by atoms with van der Waals surface area (Å²) in [5, 5.41) is 2.52. The first kappa shape index (κ1) is 36.7. The van der Waals surface area contributed by atoms with E-state index in [1.807, 2.05) is 0 Å². The van der Waals surface area contributed by atoms with Gasteiger partial charge in [0.1, 0.15) is 0 Å². The standard InChI is InChI=1S/C62H49N/c1-2-17-44(18-3-1)51-22-6-7-23-52(51)53-24-8-9-25-54(53)55-26-11-13-30-59(55)63(50-21-14-20-46(40-50)47-33-32-43-16-4-5-19-45(43)39-47)60-31-15-29-58-61(60)56-27-10-12-28-57(56)62(58)48-35-41-34-42(37-48)38-49(62)36-41/h1-33,39-42,48-49H,34-38H2. The maximum absolute atomic E-state index is 2.62. The van der Waals surface area contributed by atoms with E-state index in [1.165, 1.54) is 110 Å². The molecule has 4 bridgehead atoms. The van der Waals surface area contributed by atoms with Crippen LogP contribution in [0.25, 0.3) is 66.4 Å². The third-order valence-electron chi connectivity index (χ3n) is 15.6. The van der Waals surface area contributed by atoms with Crippen LogP contribution in [0.4, 0.5) is 17.1 Å². The van der Waals surface area contributed by atoms with Crippen LogP contribution in [-0.2, 0) is 5.41 Å². The summed E-state index contributed by atoms with van der Waals surface area (Å²) >= 11 is 0. The van der Waals surface area contributed by atoms with Crippen molar-refractivity contribution in [1.82, 2.24) is 0 Å². The Hall–Kier alpha value is -6.96. The number of benzene rings is 9. The summed E-state index contributed by atoms with van der Waals surface area (Å²) in [7, 11) is 0. The summed E-state index contributed by atoms with van der Waals surface area (Å²) < 4.78 is 0. The molecule has 0 heterocycles. The molecule has 302 valence electrons. The Balaban J connectivity index is 1.05. The number of nitrogens with zero attached hydrogens (tertiary/aromatic N) is 1. The molecule has 4 saturated carbocycles. The fraction of sp³-hybridized carbons (Fsp3) is 0.161. The Morgan fingerprint density at radius 3 is 1.62 bits per heavy atom. The Bertz CT molecular complexity index is 3180. The van der Waals surface area contributed by atoms with Crippen molar-refractivity contribution in [1.29, 1.82) is 0 Å². The lowest BCUT2D eigenvalue weighted by Crippen LogP contribution is -2.55. The minimum atomic E-state index is 0.0707. The first-order valence-corrected chi connectivity index (χ1v) is 23.2. The topological polar surface area (TPSA) is 3.24 Å². The molecule has 14 rings (SSSR count). The zero-order chi connectivity index (χ0) is 41.5. The van der Waals surface area contributed by atoms with Crippen LogP contribution in [0.5, 0.6) is 0 Å². The maximum Gasteiger partial charge on any atom is 0.0543 e. The van der Waals surface area contributed by atoms with Crippen LogP contribution in [0.2, 0.25) is 0 Å². The molecule has 5 aliphatic rings. The molecule has 1 heteroatoms. The van der Waals surface area contributed by atoms with Gasteiger partial charge in [-0.05, 0) is 153 Å². The van der Waals surface area contributed by atoms with Crippen LogP contribution >= 0.6 is 0 Å². The minimum absolute atomic E-state index is 0.0707. The van der Waals surface area contributed by atoms with Crippen LogP contribution in [0, 0.1) is 23.7 Å². The second-order valence-electron chi connectivity index (χ2n) is 18.8. The Kier molecular flexibility index (Phi) is 8.48. The van der Waals surface area contributed by atoms with E-state index in [4.69, 9.17) is 0 Å². The van der Waals surface area contributed by atoms with Gasteiger partial charge in [0.15, 0.2) is 0 Å². The molecule has 0 unspecified atom stereocenters. The van der Waals surface area contributed by atoms with Crippen LogP contribution in [0.3, 0.4) is 0 Å². The van der Waals surface area contributed by atoms with Crippen molar-refractivity contribution in [2.24, 2.45) is 23.7 Å². The maximum atomic E-state index is 2.62. The van der Waals surface area contributed by atoms with E-state index in [0.717, 1.165) is 17.5 Å². The second-order valence-corrected chi connectivity index (χ2v) is 18.8.